The first kappa shape index (κ1) is 32.9. The molecule has 0 radical (unpaired) electrons. The van der Waals surface area contributed by atoms with E-state index >= 15 is 0 Å². The minimum absolute atomic E-state index is 0.0245. The van der Waals surface area contributed by atoms with Crippen LogP contribution in [0.1, 0.15) is 39.7 Å². The molecule has 1 N–H and O–H groups in total. The first-order valence-electron chi connectivity index (χ1n) is 14.2. The summed E-state index contributed by atoms with van der Waals surface area (Å²) in [5.41, 5.74) is 1.23. The summed E-state index contributed by atoms with van der Waals surface area (Å²) < 4.78 is 34.9. The van der Waals surface area contributed by atoms with Crippen LogP contribution in [0.4, 0.5) is 5.69 Å². The zero-order valence-corrected chi connectivity index (χ0v) is 26.2. The first-order valence-corrected chi connectivity index (χ1v) is 16.0. The number of amides is 2. The number of carbonyl (C=O) groups is 2. The van der Waals surface area contributed by atoms with Crippen LogP contribution >= 0.6 is 11.6 Å². The second-order valence-electron chi connectivity index (χ2n) is 10.3. The molecule has 1 atom stereocenters. The molecule has 0 aromatic heterocycles. The number of hydrogen-bond donors (Lipinski definition) is 1. The fourth-order valence-corrected chi connectivity index (χ4v) is 6.06. The summed E-state index contributed by atoms with van der Waals surface area (Å²) in [5, 5.41) is 3.33. The fraction of sp³-hybridized carbons (Fsp3) is 0.375. The van der Waals surface area contributed by atoms with Crippen LogP contribution < -0.4 is 14.4 Å². The van der Waals surface area contributed by atoms with Crippen molar-refractivity contribution in [1.82, 2.24) is 10.2 Å². The van der Waals surface area contributed by atoms with Crippen LogP contribution in [0.2, 0.25) is 5.02 Å². The molecule has 0 bridgehead atoms. The zero-order valence-electron chi connectivity index (χ0n) is 24.6. The van der Waals surface area contributed by atoms with Crippen molar-refractivity contribution in [2.75, 3.05) is 30.5 Å². The third-order valence-electron chi connectivity index (χ3n) is 6.67. The molecule has 3 rings (SSSR count). The topological polar surface area (TPSA) is 96.0 Å². The van der Waals surface area contributed by atoms with Gasteiger partial charge in [0.05, 0.1) is 17.2 Å². The third-order valence-corrected chi connectivity index (χ3v) is 8.69. The minimum Gasteiger partial charge on any atom is -0.492 e. The molecule has 0 aliphatic heterocycles. The molecule has 0 heterocycles. The van der Waals surface area contributed by atoms with Crippen molar-refractivity contribution in [3.8, 4) is 5.75 Å². The maximum absolute atomic E-state index is 14.2. The predicted molar refractivity (Wildman–Crippen MR) is 167 cm³/mol. The van der Waals surface area contributed by atoms with Crippen molar-refractivity contribution in [3.05, 3.63) is 89.4 Å². The molecular weight excluding hydrogens is 574 g/mol. The molecule has 10 heteroatoms. The van der Waals surface area contributed by atoms with E-state index in [2.05, 4.69) is 5.32 Å². The molecule has 3 aromatic rings. The van der Waals surface area contributed by atoms with Gasteiger partial charge in [-0.1, -0.05) is 74.8 Å². The van der Waals surface area contributed by atoms with E-state index in [0.29, 0.717) is 36.8 Å². The average Bonchev–Trinajstić information content (AvgIpc) is 2.98. The van der Waals surface area contributed by atoms with Crippen LogP contribution in [-0.2, 0) is 26.0 Å². The van der Waals surface area contributed by atoms with E-state index in [-0.39, 0.29) is 29.0 Å². The summed E-state index contributed by atoms with van der Waals surface area (Å²) in [7, 11) is -4.23. The van der Waals surface area contributed by atoms with Gasteiger partial charge in [0, 0.05) is 18.1 Å². The van der Waals surface area contributed by atoms with Crippen molar-refractivity contribution in [2.24, 2.45) is 5.92 Å². The molecule has 0 saturated carbocycles. The number of benzene rings is 3. The Kier molecular flexibility index (Phi) is 12.2. The Hall–Kier alpha value is -3.56. The van der Waals surface area contributed by atoms with Crippen LogP contribution in [0.25, 0.3) is 0 Å². The monoisotopic (exact) mass is 613 g/mol. The lowest BCUT2D eigenvalue weighted by molar-refractivity contribution is -0.139. The van der Waals surface area contributed by atoms with Crippen LogP contribution in [0, 0.1) is 5.92 Å². The quantitative estimate of drug-likeness (QED) is 0.242. The van der Waals surface area contributed by atoms with E-state index in [1.54, 1.807) is 31.2 Å². The average molecular weight is 614 g/mol. The lowest BCUT2D eigenvalue weighted by Gasteiger charge is -2.33. The number of nitrogens with zero attached hydrogens (tertiary/aromatic N) is 2. The highest BCUT2D eigenvalue weighted by Crippen LogP contribution is 2.33. The Labute approximate surface area is 254 Å². The van der Waals surface area contributed by atoms with Gasteiger partial charge >= 0.3 is 0 Å². The lowest BCUT2D eigenvalue weighted by atomic mass is 10.1. The molecule has 0 saturated heterocycles. The number of sulfonamides is 1. The van der Waals surface area contributed by atoms with E-state index < -0.39 is 28.5 Å². The second kappa shape index (κ2) is 15.6. The highest BCUT2D eigenvalue weighted by molar-refractivity contribution is 7.92. The SMILES string of the molecule is CCOc1ccccc1N(CC(=O)N(CCc1ccccc1)[C@@H](CC)C(=O)NCC(C)C)S(=O)(=O)c1ccc(Cl)cc1. The van der Waals surface area contributed by atoms with Gasteiger partial charge < -0.3 is 15.0 Å². The van der Waals surface area contributed by atoms with Gasteiger partial charge in [-0.2, -0.15) is 0 Å². The number of para-hydroxylation sites is 2. The van der Waals surface area contributed by atoms with E-state index in [9.17, 15) is 18.0 Å². The smallest absolute Gasteiger partial charge is 0.264 e. The third kappa shape index (κ3) is 8.72. The second-order valence-corrected chi connectivity index (χ2v) is 12.6. The van der Waals surface area contributed by atoms with Crippen LogP contribution in [0.5, 0.6) is 5.75 Å². The zero-order chi connectivity index (χ0) is 30.7. The van der Waals surface area contributed by atoms with E-state index in [0.717, 1.165) is 9.87 Å². The minimum atomic E-state index is -4.23. The first-order chi connectivity index (χ1) is 20.1. The maximum Gasteiger partial charge on any atom is 0.264 e. The van der Waals surface area contributed by atoms with Crippen molar-refractivity contribution in [1.29, 1.82) is 0 Å². The van der Waals surface area contributed by atoms with E-state index in [1.165, 1.54) is 29.2 Å². The summed E-state index contributed by atoms with van der Waals surface area (Å²) in [4.78, 5) is 29.0. The number of halogens is 1. The Bertz CT molecular complexity index is 1420. The lowest BCUT2D eigenvalue weighted by Crippen LogP contribution is -2.53. The van der Waals surface area contributed by atoms with Gasteiger partial charge in [-0.25, -0.2) is 8.42 Å². The summed E-state index contributed by atoms with van der Waals surface area (Å²) in [6, 6.07) is 21.4. The number of carbonyl (C=O) groups excluding carboxylic acids is 2. The van der Waals surface area contributed by atoms with Gasteiger partial charge in [0.2, 0.25) is 11.8 Å². The molecule has 3 aromatic carbocycles. The molecule has 2 amide bonds. The van der Waals surface area contributed by atoms with Gasteiger partial charge in [0.1, 0.15) is 18.3 Å². The standard InChI is InChI=1S/C32H40ClN3O5S/c1-5-28(32(38)34-22-24(3)4)35(21-20-25-12-8-7-9-13-25)31(37)23-36(29-14-10-11-15-30(29)41-6-2)42(39,40)27-18-16-26(33)17-19-27/h7-19,24,28H,5-6,20-23H2,1-4H3,(H,34,38)/t28-/m0/s1. The van der Waals surface area contributed by atoms with Crippen molar-refractivity contribution >= 4 is 39.1 Å². The van der Waals surface area contributed by atoms with Gasteiger partial charge in [-0.15, -0.1) is 0 Å². The number of rotatable bonds is 15. The number of hydrogen-bond acceptors (Lipinski definition) is 5. The largest absolute Gasteiger partial charge is 0.492 e. The summed E-state index contributed by atoms with van der Waals surface area (Å²) in [5.74, 6) is -0.214. The van der Waals surface area contributed by atoms with Gasteiger partial charge in [-0.05, 0) is 67.6 Å². The molecule has 42 heavy (non-hydrogen) atoms. The van der Waals surface area contributed by atoms with Crippen LogP contribution in [0.3, 0.4) is 0 Å². The van der Waals surface area contributed by atoms with Crippen molar-refractivity contribution in [3.63, 3.8) is 0 Å². The molecule has 0 aliphatic carbocycles. The number of nitrogens with one attached hydrogen (secondary N) is 1. The van der Waals surface area contributed by atoms with Crippen molar-refractivity contribution in [2.45, 2.75) is 51.5 Å². The van der Waals surface area contributed by atoms with E-state index in [1.807, 2.05) is 51.1 Å². The van der Waals surface area contributed by atoms with E-state index in [4.69, 9.17) is 16.3 Å². The number of ether oxygens (including phenoxy) is 1. The molecule has 0 unspecified atom stereocenters. The summed E-state index contributed by atoms with van der Waals surface area (Å²) >= 11 is 6.03. The Morgan fingerprint density at radius 3 is 2.19 bits per heavy atom. The maximum atomic E-state index is 14.2. The fourth-order valence-electron chi connectivity index (χ4n) is 4.51. The highest BCUT2D eigenvalue weighted by atomic mass is 35.5. The van der Waals surface area contributed by atoms with Crippen molar-refractivity contribution < 1.29 is 22.7 Å². The Morgan fingerprint density at radius 1 is 0.929 bits per heavy atom. The molecular formula is C32H40ClN3O5S. The normalized spacial score (nSPS) is 12.0. The Morgan fingerprint density at radius 2 is 1.57 bits per heavy atom. The number of anilines is 1. The summed E-state index contributed by atoms with van der Waals surface area (Å²) in [6.45, 7) is 8.10. The molecule has 226 valence electrons. The highest BCUT2D eigenvalue weighted by Gasteiger charge is 2.34. The molecule has 8 nitrogen and oxygen atoms in total. The van der Waals surface area contributed by atoms with Gasteiger partial charge in [-0.3, -0.25) is 13.9 Å². The molecule has 0 aliphatic rings. The predicted octanol–water partition coefficient (Wildman–Crippen LogP) is 5.56. The van der Waals surface area contributed by atoms with Gasteiger partial charge in [0.25, 0.3) is 10.0 Å². The van der Waals surface area contributed by atoms with Gasteiger partial charge in [0.15, 0.2) is 0 Å². The molecule has 0 spiro atoms. The van der Waals surface area contributed by atoms with Crippen LogP contribution in [0.15, 0.2) is 83.8 Å². The molecule has 0 fully saturated rings. The summed E-state index contributed by atoms with van der Waals surface area (Å²) in [6.07, 6.45) is 0.865. The Balaban J connectivity index is 2.05. The van der Waals surface area contributed by atoms with Crippen LogP contribution in [-0.4, -0.2) is 57.4 Å².